The highest BCUT2D eigenvalue weighted by Crippen LogP contribution is 2.14. The molecule has 2 heteroatoms. The molecule has 0 unspecified atom stereocenters. The summed E-state index contributed by atoms with van der Waals surface area (Å²) >= 11 is 0. The van der Waals surface area contributed by atoms with Gasteiger partial charge in [0.1, 0.15) is 0 Å². The second-order valence-corrected chi connectivity index (χ2v) is 3.10. The van der Waals surface area contributed by atoms with E-state index in [2.05, 4.69) is 11.8 Å². The van der Waals surface area contributed by atoms with Gasteiger partial charge >= 0.3 is 0 Å². The summed E-state index contributed by atoms with van der Waals surface area (Å²) in [5.41, 5.74) is 0. The molecule has 1 N–H and O–H groups in total. The smallest absolute Gasteiger partial charge is 0.0558 e. The summed E-state index contributed by atoms with van der Waals surface area (Å²) in [5.74, 6) is 0. The zero-order valence-electron chi connectivity index (χ0n) is 6.71. The summed E-state index contributed by atoms with van der Waals surface area (Å²) in [6.07, 6.45) is 3.98. The van der Waals surface area contributed by atoms with Crippen molar-refractivity contribution < 1.29 is 5.11 Å². The van der Waals surface area contributed by atoms with Crippen LogP contribution in [0.4, 0.5) is 0 Å². The first-order valence-electron chi connectivity index (χ1n) is 4.19. The standard InChI is InChI=1S/C8H17NO/c1-8-4-2-3-5-9(8)6-7-10/h8,10H,2-7H2,1H3/t8-/m0/s1. The summed E-state index contributed by atoms with van der Waals surface area (Å²) in [7, 11) is 0. The fraction of sp³-hybridized carbons (Fsp3) is 1.00. The number of rotatable bonds is 2. The average Bonchev–Trinajstić information content (AvgIpc) is 1.94. The Hall–Kier alpha value is -0.0800. The van der Waals surface area contributed by atoms with Crippen LogP contribution in [-0.2, 0) is 0 Å². The van der Waals surface area contributed by atoms with Crippen molar-refractivity contribution in [2.45, 2.75) is 32.2 Å². The van der Waals surface area contributed by atoms with E-state index in [1.54, 1.807) is 0 Å². The molecule has 0 aromatic heterocycles. The molecule has 2 nitrogen and oxygen atoms in total. The van der Waals surface area contributed by atoms with Crippen LogP contribution in [0.5, 0.6) is 0 Å². The van der Waals surface area contributed by atoms with E-state index in [0.29, 0.717) is 12.6 Å². The van der Waals surface area contributed by atoms with Gasteiger partial charge in [-0.15, -0.1) is 0 Å². The maximum atomic E-state index is 8.69. The normalized spacial score (nSPS) is 28.8. The molecule has 0 bridgehead atoms. The Morgan fingerprint density at radius 1 is 1.50 bits per heavy atom. The predicted octanol–water partition coefficient (Wildman–Crippen LogP) is 0.853. The first kappa shape index (κ1) is 8.02. The Kier molecular flexibility index (Phi) is 3.16. The first-order chi connectivity index (χ1) is 4.84. The summed E-state index contributed by atoms with van der Waals surface area (Å²) in [5, 5.41) is 8.69. The minimum absolute atomic E-state index is 0.310. The van der Waals surface area contributed by atoms with Crippen LogP contribution in [0.1, 0.15) is 26.2 Å². The molecule has 10 heavy (non-hydrogen) atoms. The highest BCUT2D eigenvalue weighted by Gasteiger charge is 2.16. The predicted molar refractivity (Wildman–Crippen MR) is 42.0 cm³/mol. The van der Waals surface area contributed by atoms with Gasteiger partial charge in [-0.3, -0.25) is 4.90 Å². The number of hydrogen-bond acceptors (Lipinski definition) is 2. The van der Waals surface area contributed by atoms with E-state index in [1.807, 2.05) is 0 Å². The Morgan fingerprint density at radius 2 is 2.30 bits per heavy atom. The van der Waals surface area contributed by atoms with Gasteiger partial charge in [0, 0.05) is 12.6 Å². The van der Waals surface area contributed by atoms with Gasteiger partial charge in [-0.1, -0.05) is 6.42 Å². The number of hydrogen-bond donors (Lipinski definition) is 1. The zero-order chi connectivity index (χ0) is 7.40. The topological polar surface area (TPSA) is 23.5 Å². The van der Waals surface area contributed by atoms with Gasteiger partial charge in [0.15, 0.2) is 0 Å². The van der Waals surface area contributed by atoms with E-state index < -0.39 is 0 Å². The molecule has 0 aromatic rings. The van der Waals surface area contributed by atoms with Gasteiger partial charge in [-0.05, 0) is 26.3 Å². The van der Waals surface area contributed by atoms with Crippen molar-refractivity contribution in [2.24, 2.45) is 0 Å². The largest absolute Gasteiger partial charge is 0.395 e. The molecule has 1 atom stereocenters. The molecule has 0 aliphatic carbocycles. The Balaban J connectivity index is 2.25. The maximum absolute atomic E-state index is 8.69. The molecule has 1 rings (SSSR count). The molecule has 0 saturated carbocycles. The second kappa shape index (κ2) is 3.94. The Labute approximate surface area is 62.8 Å². The molecule has 0 spiro atoms. The lowest BCUT2D eigenvalue weighted by Crippen LogP contribution is -2.39. The third-order valence-electron chi connectivity index (χ3n) is 2.33. The van der Waals surface area contributed by atoms with E-state index in [4.69, 9.17) is 5.11 Å². The van der Waals surface area contributed by atoms with Crippen LogP contribution in [0, 0.1) is 0 Å². The van der Waals surface area contributed by atoms with Crippen molar-refractivity contribution in [3.8, 4) is 0 Å². The van der Waals surface area contributed by atoms with E-state index in [1.165, 1.54) is 25.8 Å². The number of aliphatic hydroxyl groups is 1. The van der Waals surface area contributed by atoms with Gasteiger partial charge in [0.25, 0.3) is 0 Å². The third-order valence-corrected chi connectivity index (χ3v) is 2.33. The van der Waals surface area contributed by atoms with Crippen molar-refractivity contribution in [1.29, 1.82) is 0 Å². The average molecular weight is 143 g/mol. The minimum atomic E-state index is 0.310. The molecule has 1 fully saturated rings. The van der Waals surface area contributed by atoms with Crippen molar-refractivity contribution in [1.82, 2.24) is 4.90 Å². The lowest BCUT2D eigenvalue weighted by atomic mass is 10.0. The number of aliphatic hydroxyl groups excluding tert-OH is 1. The summed E-state index contributed by atoms with van der Waals surface area (Å²) in [6, 6.07) is 0.695. The van der Waals surface area contributed by atoms with Crippen LogP contribution in [0.25, 0.3) is 0 Å². The Bertz CT molecular complexity index is 93.3. The molecule has 1 aliphatic heterocycles. The fourth-order valence-corrected chi connectivity index (χ4v) is 1.62. The first-order valence-corrected chi connectivity index (χ1v) is 4.19. The lowest BCUT2D eigenvalue weighted by Gasteiger charge is -2.32. The van der Waals surface area contributed by atoms with Gasteiger partial charge in [-0.2, -0.15) is 0 Å². The molecule has 60 valence electrons. The quantitative estimate of drug-likeness (QED) is 0.619. The monoisotopic (exact) mass is 143 g/mol. The van der Waals surface area contributed by atoms with Crippen molar-refractivity contribution in [2.75, 3.05) is 19.7 Å². The van der Waals surface area contributed by atoms with Crippen molar-refractivity contribution in [3.05, 3.63) is 0 Å². The molecule has 1 heterocycles. The maximum Gasteiger partial charge on any atom is 0.0558 e. The number of likely N-dealkylation sites (tertiary alicyclic amines) is 1. The van der Waals surface area contributed by atoms with E-state index >= 15 is 0 Å². The molecular weight excluding hydrogens is 126 g/mol. The SMILES string of the molecule is C[C@H]1CCCCN1CCO. The molecule has 0 amide bonds. The van der Waals surface area contributed by atoms with Gasteiger partial charge < -0.3 is 5.11 Å². The molecule has 0 aromatic carbocycles. The van der Waals surface area contributed by atoms with Crippen LogP contribution in [-0.4, -0.2) is 35.7 Å². The highest BCUT2D eigenvalue weighted by molar-refractivity contribution is 4.71. The van der Waals surface area contributed by atoms with Gasteiger partial charge in [-0.25, -0.2) is 0 Å². The number of β-amino-alcohol motifs (C(OH)–C–C–N with tert-alkyl or cyclic N) is 1. The van der Waals surface area contributed by atoms with Crippen LogP contribution in [0.2, 0.25) is 0 Å². The molecule has 0 radical (unpaired) electrons. The second-order valence-electron chi connectivity index (χ2n) is 3.10. The van der Waals surface area contributed by atoms with Crippen LogP contribution in [0.3, 0.4) is 0 Å². The lowest BCUT2D eigenvalue weighted by molar-refractivity contribution is 0.126. The number of nitrogens with zero attached hydrogens (tertiary/aromatic N) is 1. The van der Waals surface area contributed by atoms with Crippen LogP contribution in [0.15, 0.2) is 0 Å². The third kappa shape index (κ3) is 1.96. The van der Waals surface area contributed by atoms with Crippen LogP contribution >= 0.6 is 0 Å². The van der Waals surface area contributed by atoms with Crippen LogP contribution < -0.4 is 0 Å². The van der Waals surface area contributed by atoms with Gasteiger partial charge in [0.05, 0.1) is 6.61 Å². The molecular formula is C8H17NO. The zero-order valence-corrected chi connectivity index (χ0v) is 6.71. The van der Waals surface area contributed by atoms with Crippen molar-refractivity contribution in [3.63, 3.8) is 0 Å². The fourth-order valence-electron chi connectivity index (χ4n) is 1.62. The van der Waals surface area contributed by atoms with E-state index in [9.17, 15) is 0 Å². The van der Waals surface area contributed by atoms with E-state index in [-0.39, 0.29) is 0 Å². The summed E-state index contributed by atoms with van der Waals surface area (Å²) < 4.78 is 0. The highest BCUT2D eigenvalue weighted by atomic mass is 16.3. The summed E-state index contributed by atoms with van der Waals surface area (Å²) in [6.45, 7) is 4.60. The summed E-state index contributed by atoms with van der Waals surface area (Å²) in [4.78, 5) is 2.36. The molecule has 1 saturated heterocycles. The minimum Gasteiger partial charge on any atom is -0.395 e. The van der Waals surface area contributed by atoms with Crippen molar-refractivity contribution >= 4 is 0 Å². The van der Waals surface area contributed by atoms with Gasteiger partial charge in [0.2, 0.25) is 0 Å². The Morgan fingerprint density at radius 3 is 2.90 bits per heavy atom. The molecule has 1 aliphatic rings. The number of piperidine rings is 1. The van der Waals surface area contributed by atoms with E-state index in [0.717, 1.165) is 6.54 Å².